The molecule has 112 valence electrons. The first-order chi connectivity index (χ1) is 9.27. The second-order valence-corrected chi connectivity index (χ2v) is 12.2. The van der Waals surface area contributed by atoms with Gasteiger partial charge in [-0.15, -0.1) is 0 Å². The Hall–Kier alpha value is -1.09. The average molecular weight is 292 g/mol. The van der Waals surface area contributed by atoms with Gasteiger partial charge in [-0.05, 0) is 30.4 Å². The van der Waals surface area contributed by atoms with Crippen LogP contribution in [0, 0.1) is 5.92 Å². The Kier molecular flexibility index (Phi) is 6.00. The predicted octanol–water partition coefficient (Wildman–Crippen LogP) is 4.41. The van der Waals surface area contributed by atoms with Gasteiger partial charge in [0.15, 0.2) is 0 Å². The van der Waals surface area contributed by atoms with E-state index in [2.05, 4.69) is 51.7 Å². The molecule has 1 aromatic carbocycles. The summed E-state index contributed by atoms with van der Waals surface area (Å²) in [5.41, 5.74) is 2.40. The second kappa shape index (κ2) is 7.07. The molecule has 1 aromatic rings. The minimum Gasteiger partial charge on any atom is -0.466 e. The zero-order valence-electron chi connectivity index (χ0n) is 13.7. The van der Waals surface area contributed by atoms with Gasteiger partial charge in [0.05, 0.1) is 20.2 Å². The number of rotatable bonds is 6. The minimum atomic E-state index is -1.68. The van der Waals surface area contributed by atoms with Crippen molar-refractivity contribution in [3.8, 4) is 0 Å². The molecule has 0 radical (unpaired) electrons. The molecule has 1 unspecified atom stereocenters. The normalized spacial score (nSPS) is 13.3. The Labute approximate surface area is 124 Å². The third-order valence-electron chi connectivity index (χ3n) is 3.38. The quantitative estimate of drug-likeness (QED) is 0.573. The summed E-state index contributed by atoms with van der Waals surface area (Å²) in [4.78, 5) is 12.4. The maximum Gasteiger partial charge on any atom is 0.310 e. The van der Waals surface area contributed by atoms with Crippen LogP contribution in [0.25, 0.3) is 0 Å². The molecule has 0 saturated heterocycles. The van der Waals surface area contributed by atoms with Crippen LogP contribution in [0.3, 0.4) is 0 Å². The zero-order valence-corrected chi connectivity index (χ0v) is 14.7. The minimum absolute atomic E-state index is 0.0529. The summed E-state index contributed by atoms with van der Waals surface area (Å²) in [6.07, 6.45) is 1.01. The van der Waals surface area contributed by atoms with Gasteiger partial charge >= 0.3 is 5.97 Å². The van der Waals surface area contributed by atoms with Crippen LogP contribution in [0.15, 0.2) is 24.3 Å². The van der Waals surface area contributed by atoms with E-state index >= 15 is 0 Å². The molecule has 0 fully saturated rings. The molecule has 0 bridgehead atoms. The fourth-order valence-electron chi connectivity index (χ4n) is 2.61. The van der Waals surface area contributed by atoms with Crippen molar-refractivity contribution in [3.05, 3.63) is 35.4 Å². The van der Waals surface area contributed by atoms with Crippen LogP contribution in [-0.2, 0) is 16.0 Å². The topological polar surface area (TPSA) is 26.3 Å². The lowest BCUT2D eigenvalue weighted by molar-refractivity contribution is -0.143. The zero-order chi connectivity index (χ0) is 15.3. The Morgan fingerprint density at radius 2 is 1.80 bits per heavy atom. The van der Waals surface area contributed by atoms with E-state index < -0.39 is 8.07 Å². The number of benzene rings is 1. The van der Waals surface area contributed by atoms with E-state index in [4.69, 9.17) is 4.74 Å². The standard InChI is InChI=1S/C17H28O2Si/c1-7-19-17(18)16(20(4,5)6)15-11-9-8-10-14(15)12-13(2)3/h8-11,13,16H,7,12H2,1-6H3. The molecule has 0 heterocycles. The average Bonchev–Trinajstić information content (AvgIpc) is 2.29. The van der Waals surface area contributed by atoms with Gasteiger partial charge in [-0.25, -0.2) is 0 Å². The third-order valence-corrected chi connectivity index (χ3v) is 5.66. The summed E-state index contributed by atoms with van der Waals surface area (Å²) in [5.74, 6) is 0.531. The summed E-state index contributed by atoms with van der Waals surface area (Å²) in [6.45, 7) is 13.5. The summed E-state index contributed by atoms with van der Waals surface area (Å²) < 4.78 is 5.34. The Bertz CT molecular complexity index is 447. The second-order valence-electron chi connectivity index (χ2n) is 6.85. The number of hydrogen-bond donors (Lipinski definition) is 0. The molecule has 0 amide bonds. The molecule has 0 N–H and O–H groups in total. The molecular formula is C17H28O2Si. The lowest BCUT2D eigenvalue weighted by atomic mass is 9.96. The van der Waals surface area contributed by atoms with E-state index in [-0.39, 0.29) is 11.5 Å². The van der Waals surface area contributed by atoms with E-state index in [1.807, 2.05) is 13.0 Å². The van der Waals surface area contributed by atoms with Gasteiger partial charge in [-0.3, -0.25) is 4.79 Å². The summed E-state index contributed by atoms with van der Waals surface area (Å²) >= 11 is 0. The van der Waals surface area contributed by atoms with Crippen LogP contribution in [-0.4, -0.2) is 20.7 Å². The van der Waals surface area contributed by atoms with Crippen molar-refractivity contribution in [1.82, 2.24) is 0 Å². The molecule has 0 aliphatic heterocycles. The van der Waals surface area contributed by atoms with Crippen LogP contribution < -0.4 is 0 Å². The molecule has 3 heteroatoms. The van der Waals surface area contributed by atoms with E-state index in [9.17, 15) is 4.79 Å². The number of ether oxygens (including phenoxy) is 1. The Balaban J connectivity index is 3.24. The molecular weight excluding hydrogens is 264 g/mol. The highest BCUT2D eigenvalue weighted by Crippen LogP contribution is 2.31. The fraction of sp³-hybridized carbons (Fsp3) is 0.588. The first-order valence-electron chi connectivity index (χ1n) is 7.51. The molecule has 0 saturated carbocycles. The van der Waals surface area contributed by atoms with E-state index in [1.54, 1.807) is 0 Å². The first kappa shape index (κ1) is 17.0. The van der Waals surface area contributed by atoms with Gasteiger partial charge in [-0.1, -0.05) is 57.8 Å². The maximum absolute atomic E-state index is 12.4. The van der Waals surface area contributed by atoms with Crippen LogP contribution in [0.1, 0.15) is 37.4 Å². The number of carbonyl (C=O) groups excluding carboxylic acids is 1. The molecule has 20 heavy (non-hydrogen) atoms. The highest BCUT2D eigenvalue weighted by molar-refractivity contribution is 6.80. The first-order valence-corrected chi connectivity index (χ1v) is 11.1. The van der Waals surface area contributed by atoms with Gasteiger partial charge in [0.2, 0.25) is 0 Å². The van der Waals surface area contributed by atoms with Crippen LogP contribution in [0.2, 0.25) is 19.6 Å². The van der Waals surface area contributed by atoms with Gasteiger partial charge in [-0.2, -0.15) is 0 Å². The molecule has 2 nitrogen and oxygen atoms in total. The summed E-state index contributed by atoms with van der Waals surface area (Å²) in [6, 6.07) is 8.36. The number of hydrogen-bond acceptors (Lipinski definition) is 2. The van der Waals surface area contributed by atoms with Gasteiger partial charge in [0.1, 0.15) is 0 Å². The van der Waals surface area contributed by atoms with Crippen molar-refractivity contribution in [2.75, 3.05) is 6.61 Å². The van der Waals surface area contributed by atoms with Crippen molar-refractivity contribution in [1.29, 1.82) is 0 Å². The van der Waals surface area contributed by atoms with Crippen molar-refractivity contribution in [3.63, 3.8) is 0 Å². The molecule has 0 aromatic heterocycles. The van der Waals surface area contributed by atoms with E-state index in [0.29, 0.717) is 12.5 Å². The molecule has 0 aliphatic carbocycles. The van der Waals surface area contributed by atoms with Crippen molar-refractivity contribution in [2.45, 2.75) is 52.4 Å². The van der Waals surface area contributed by atoms with Crippen LogP contribution >= 0.6 is 0 Å². The lowest BCUT2D eigenvalue weighted by Crippen LogP contribution is -2.38. The third kappa shape index (κ3) is 4.48. The fourth-order valence-corrected chi connectivity index (χ4v) is 4.62. The molecule has 0 aliphatic rings. The highest BCUT2D eigenvalue weighted by Gasteiger charge is 2.36. The van der Waals surface area contributed by atoms with Gasteiger partial charge in [0, 0.05) is 0 Å². The van der Waals surface area contributed by atoms with E-state index in [0.717, 1.165) is 6.42 Å². The van der Waals surface area contributed by atoms with E-state index in [1.165, 1.54) is 11.1 Å². The molecule has 1 rings (SSSR count). The maximum atomic E-state index is 12.4. The SMILES string of the molecule is CCOC(=O)C(c1ccccc1CC(C)C)[Si](C)(C)C. The molecule has 1 atom stereocenters. The lowest BCUT2D eigenvalue weighted by Gasteiger charge is -2.29. The van der Waals surface area contributed by atoms with Gasteiger partial charge < -0.3 is 4.74 Å². The predicted molar refractivity (Wildman–Crippen MR) is 87.7 cm³/mol. The largest absolute Gasteiger partial charge is 0.466 e. The van der Waals surface area contributed by atoms with Crippen LogP contribution in [0.5, 0.6) is 0 Å². The number of esters is 1. The van der Waals surface area contributed by atoms with Crippen LogP contribution in [0.4, 0.5) is 0 Å². The Morgan fingerprint density at radius 1 is 1.20 bits per heavy atom. The highest BCUT2D eigenvalue weighted by atomic mass is 28.3. The van der Waals surface area contributed by atoms with Crippen molar-refractivity contribution < 1.29 is 9.53 Å². The molecule has 0 spiro atoms. The van der Waals surface area contributed by atoms with Gasteiger partial charge in [0.25, 0.3) is 0 Å². The monoisotopic (exact) mass is 292 g/mol. The summed E-state index contributed by atoms with van der Waals surface area (Å²) in [5, 5.41) is 0. The Morgan fingerprint density at radius 3 is 2.30 bits per heavy atom. The summed E-state index contributed by atoms with van der Waals surface area (Å²) in [7, 11) is -1.68. The van der Waals surface area contributed by atoms with Crippen molar-refractivity contribution in [2.24, 2.45) is 5.92 Å². The smallest absolute Gasteiger partial charge is 0.310 e. The van der Waals surface area contributed by atoms with Crippen molar-refractivity contribution >= 4 is 14.0 Å². The number of carbonyl (C=O) groups is 1.